The van der Waals surface area contributed by atoms with Gasteiger partial charge in [0.05, 0.1) is 12.1 Å². The van der Waals surface area contributed by atoms with Crippen LogP contribution in [0.25, 0.3) is 0 Å². The molecule has 0 saturated heterocycles. The number of anilines is 1. The number of amides is 1. The average molecular weight is 346 g/mol. The van der Waals surface area contributed by atoms with Crippen LogP contribution in [0.5, 0.6) is 0 Å². The third-order valence-electron chi connectivity index (χ3n) is 2.25. The van der Waals surface area contributed by atoms with Crippen molar-refractivity contribution >= 4 is 39.3 Å². The van der Waals surface area contributed by atoms with Crippen molar-refractivity contribution in [1.29, 1.82) is 0 Å². The SMILES string of the molecule is CC(=O)CCC(=O)OCC(=O)Nc1ccc(Br)cc1F. The summed E-state index contributed by atoms with van der Waals surface area (Å²) in [5.74, 6) is -2.03. The Kier molecular flexibility index (Phi) is 6.30. The van der Waals surface area contributed by atoms with E-state index in [1.807, 2.05) is 0 Å². The van der Waals surface area contributed by atoms with Crippen molar-refractivity contribution in [3.05, 3.63) is 28.5 Å². The van der Waals surface area contributed by atoms with Crippen molar-refractivity contribution in [3.8, 4) is 0 Å². The molecule has 0 atom stereocenters. The monoisotopic (exact) mass is 345 g/mol. The molecular weight excluding hydrogens is 333 g/mol. The quantitative estimate of drug-likeness (QED) is 0.803. The van der Waals surface area contributed by atoms with Crippen LogP contribution in [0, 0.1) is 5.82 Å². The molecule has 108 valence electrons. The highest BCUT2D eigenvalue weighted by molar-refractivity contribution is 9.10. The lowest BCUT2D eigenvalue weighted by molar-refractivity contribution is -0.148. The van der Waals surface area contributed by atoms with Crippen molar-refractivity contribution in [2.24, 2.45) is 0 Å². The molecule has 1 rings (SSSR count). The van der Waals surface area contributed by atoms with Crippen LogP contribution < -0.4 is 5.32 Å². The lowest BCUT2D eigenvalue weighted by Gasteiger charge is -2.07. The number of ether oxygens (including phenoxy) is 1. The third kappa shape index (κ3) is 5.92. The van der Waals surface area contributed by atoms with Crippen LogP contribution >= 0.6 is 15.9 Å². The Balaban J connectivity index is 2.40. The molecule has 0 saturated carbocycles. The van der Waals surface area contributed by atoms with E-state index < -0.39 is 24.3 Å². The van der Waals surface area contributed by atoms with Crippen LogP contribution in [0.15, 0.2) is 22.7 Å². The van der Waals surface area contributed by atoms with E-state index in [1.165, 1.54) is 19.1 Å². The topological polar surface area (TPSA) is 72.5 Å². The summed E-state index contributed by atoms with van der Waals surface area (Å²) in [4.78, 5) is 33.3. The highest BCUT2D eigenvalue weighted by Crippen LogP contribution is 2.19. The van der Waals surface area contributed by atoms with E-state index in [0.717, 1.165) is 0 Å². The molecule has 1 amide bonds. The van der Waals surface area contributed by atoms with E-state index in [-0.39, 0.29) is 24.3 Å². The second kappa shape index (κ2) is 7.74. The normalized spacial score (nSPS) is 9.95. The molecule has 0 radical (unpaired) electrons. The van der Waals surface area contributed by atoms with Crippen molar-refractivity contribution < 1.29 is 23.5 Å². The van der Waals surface area contributed by atoms with Crippen LogP contribution in [-0.4, -0.2) is 24.3 Å². The first-order chi connectivity index (χ1) is 9.38. The average Bonchev–Trinajstić information content (AvgIpc) is 2.37. The molecule has 0 aliphatic carbocycles. The molecule has 0 aromatic heterocycles. The maximum Gasteiger partial charge on any atom is 0.306 e. The summed E-state index contributed by atoms with van der Waals surface area (Å²) >= 11 is 3.09. The Morgan fingerprint density at radius 2 is 2.00 bits per heavy atom. The molecule has 1 aromatic rings. The van der Waals surface area contributed by atoms with E-state index >= 15 is 0 Å². The van der Waals surface area contributed by atoms with Crippen LogP contribution in [0.1, 0.15) is 19.8 Å². The fraction of sp³-hybridized carbons (Fsp3) is 0.308. The molecule has 0 unspecified atom stereocenters. The Hall–Kier alpha value is -1.76. The summed E-state index contributed by atoms with van der Waals surface area (Å²) in [5.41, 5.74) is -0.00187. The zero-order valence-electron chi connectivity index (χ0n) is 10.7. The molecule has 0 aliphatic heterocycles. The van der Waals surface area contributed by atoms with E-state index in [4.69, 9.17) is 0 Å². The first kappa shape index (κ1) is 16.3. The van der Waals surface area contributed by atoms with Crippen LogP contribution in [0.2, 0.25) is 0 Å². The lowest BCUT2D eigenvalue weighted by atomic mass is 10.2. The Bertz CT molecular complexity index is 533. The van der Waals surface area contributed by atoms with Gasteiger partial charge in [-0.3, -0.25) is 9.59 Å². The number of rotatable bonds is 6. The standard InChI is InChI=1S/C13H13BrFNO4/c1-8(17)2-5-13(19)20-7-12(18)16-11-4-3-9(14)6-10(11)15/h3-4,6H,2,5,7H2,1H3,(H,16,18). The fourth-order valence-corrected chi connectivity index (χ4v) is 1.61. The number of benzene rings is 1. The third-order valence-corrected chi connectivity index (χ3v) is 2.74. The minimum atomic E-state index is -0.651. The van der Waals surface area contributed by atoms with Crippen LogP contribution in [0.4, 0.5) is 10.1 Å². The molecule has 0 bridgehead atoms. The van der Waals surface area contributed by atoms with Gasteiger partial charge in [-0.1, -0.05) is 15.9 Å². The predicted octanol–water partition coefficient (Wildman–Crippen LogP) is 2.44. The molecule has 1 aromatic carbocycles. The highest BCUT2D eigenvalue weighted by atomic mass is 79.9. The minimum Gasteiger partial charge on any atom is -0.456 e. The molecule has 0 aliphatic rings. The zero-order valence-corrected chi connectivity index (χ0v) is 12.3. The van der Waals surface area contributed by atoms with Gasteiger partial charge in [-0.05, 0) is 25.1 Å². The summed E-state index contributed by atoms with van der Waals surface area (Å²) in [5, 5.41) is 2.28. The molecule has 20 heavy (non-hydrogen) atoms. The van der Waals surface area contributed by atoms with Crippen LogP contribution in [-0.2, 0) is 19.1 Å². The maximum atomic E-state index is 13.4. The maximum absolute atomic E-state index is 13.4. The molecule has 0 heterocycles. The number of ketones is 1. The Morgan fingerprint density at radius 3 is 2.60 bits per heavy atom. The summed E-state index contributed by atoms with van der Waals surface area (Å²) in [6.07, 6.45) is -0.00293. The van der Waals surface area contributed by atoms with Gasteiger partial charge in [-0.25, -0.2) is 4.39 Å². The van der Waals surface area contributed by atoms with Gasteiger partial charge in [0.1, 0.15) is 11.6 Å². The minimum absolute atomic E-state index is 0.00187. The number of nitrogens with one attached hydrogen (secondary N) is 1. The van der Waals surface area contributed by atoms with Crippen molar-refractivity contribution in [3.63, 3.8) is 0 Å². The lowest BCUT2D eigenvalue weighted by Crippen LogP contribution is -2.21. The summed E-state index contributed by atoms with van der Waals surface area (Å²) in [7, 11) is 0. The van der Waals surface area contributed by atoms with Gasteiger partial charge in [0.25, 0.3) is 5.91 Å². The zero-order chi connectivity index (χ0) is 15.1. The van der Waals surface area contributed by atoms with Gasteiger partial charge in [-0.2, -0.15) is 0 Å². The van der Waals surface area contributed by atoms with E-state index in [0.29, 0.717) is 4.47 Å². The van der Waals surface area contributed by atoms with Crippen molar-refractivity contribution in [2.45, 2.75) is 19.8 Å². The van der Waals surface area contributed by atoms with Gasteiger partial charge < -0.3 is 14.8 Å². The van der Waals surface area contributed by atoms with Crippen molar-refractivity contribution in [1.82, 2.24) is 0 Å². The number of carbonyl (C=O) groups excluding carboxylic acids is 3. The molecular formula is C13H13BrFNO4. The van der Waals surface area contributed by atoms with Gasteiger partial charge in [-0.15, -0.1) is 0 Å². The number of hydrogen-bond acceptors (Lipinski definition) is 4. The first-order valence-electron chi connectivity index (χ1n) is 5.78. The summed E-state index contributed by atoms with van der Waals surface area (Å²) in [6, 6.07) is 4.15. The molecule has 7 heteroatoms. The molecule has 1 N–H and O–H groups in total. The molecule has 0 spiro atoms. The second-order valence-electron chi connectivity index (χ2n) is 4.04. The second-order valence-corrected chi connectivity index (χ2v) is 4.95. The number of hydrogen-bond donors (Lipinski definition) is 1. The number of esters is 1. The number of halogens is 2. The van der Waals surface area contributed by atoms with E-state index in [2.05, 4.69) is 26.0 Å². The summed E-state index contributed by atoms with van der Waals surface area (Å²) < 4.78 is 18.6. The smallest absolute Gasteiger partial charge is 0.306 e. The molecule has 0 fully saturated rings. The fourth-order valence-electron chi connectivity index (χ4n) is 1.27. The van der Waals surface area contributed by atoms with Gasteiger partial charge in [0, 0.05) is 10.9 Å². The Labute approximate surface area is 123 Å². The first-order valence-corrected chi connectivity index (χ1v) is 6.57. The van der Waals surface area contributed by atoms with Crippen molar-refractivity contribution in [2.75, 3.05) is 11.9 Å². The van der Waals surface area contributed by atoms with Gasteiger partial charge in [0.2, 0.25) is 0 Å². The number of Topliss-reactive ketones (excluding diaryl/α,β-unsaturated/α-hetero) is 1. The van der Waals surface area contributed by atoms with Crippen LogP contribution in [0.3, 0.4) is 0 Å². The van der Waals surface area contributed by atoms with Gasteiger partial charge in [0.15, 0.2) is 6.61 Å². The van der Waals surface area contributed by atoms with E-state index in [9.17, 15) is 18.8 Å². The van der Waals surface area contributed by atoms with Gasteiger partial charge >= 0.3 is 5.97 Å². The predicted molar refractivity (Wildman–Crippen MR) is 73.6 cm³/mol. The summed E-state index contributed by atoms with van der Waals surface area (Å²) in [6.45, 7) is 0.836. The largest absolute Gasteiger partial charge is 0.456 e. The van der Waals surface area contributed by atoms with E-state index in [1.54, 1.807) is 6.07 Å². The molecule has 5 nitrogen and oxygen atoms in total. The highest BCUT2D eigenvalue weighted by Gasteiger charge is 2.11. The Morgan fingerprint density at radius 1 is 1.30 bits per heavy atom. The number of carbonyl (C=O) groups is 3.